The third kappa shape index (κ3) is 3.89. The number of hydrogen-bond donors (Lipinski definition) is 1. The number of aromatic amines is 1. The second kappa shape index (κ2) is 8.60. The van der Waals surface area contributed by atoms with Crippen LogP contribution in [0.3, 0.4) is 0 Å². The number of fused-ring (bicyclic) bond motifs is 3. The standard InChI is InChI=1S/C27H30N4O2/c32-27-28-22-8-2-3-9-23(22)31(27)16-6-14-29-17-12-20(13-18-29)26-24-10-5-15-30(24)19-21-7-1-4-11-25(21)33-26/h1-5,7-11,15,20,26H,6,12-14,16-19H2,(H,28,32). The Bertz CT molecular complexity index is 1310. The van der Waals surface area contributed by atoms with Crippen LogP contribution in [0.4, 0.5) is 0 Å². The maximum absolute atomic E-state index is 12.3. The summed E-state index contributed by atoms with van der Waals surface area (Å²) in [6.45, 7) is 4.80. The molecule has 1 saturated heterocycles. The van der Waals surface area contributed by atoms with Crippen LogP contribution >= 0.6 is 0 Å². The molecule has 4 heterocycles. The van der Waals surface area contributed by atoms with Crippen molar-refractivity contribution in [2.75, 3.05) is 19.6 Å². The van der Waals surface area contributed by atoms with Gasteiger partial charge in [0.25, 0.3) is 0 Å². The van der Waals surface area contributed by atoms with Crippen molar-refractivity contribution in [2.45, 2.75) is 38.5 Å². The summed E-state index contributed by atoms with van der Waals surface area (Å²) in [5.41, 5.74) is 4.45. The van der Waals surface area contributed by atoms with Crippen molar-refractivity contribution in [1.82, 2.24) is 19.0 Å². The molecule has 1 N–H and O–H groups in total. The number of para-hydroxylation sites is 3. The first-order chi connectivity index (χ1) is 16.3. The Balaban J connectivity index is 1.09. The summed E-state index contributed by atoms with van der Waals surface area (Å²) >= 11 is 0. The van der Waals surface area contributed by atoms with Gasteiger partial charge in [0, 0.05) is 24.2 Å². The lowest BCUT2D eigenvalue weighted by molar-refractivity contribution is 0.0733. The van der Waals surface area contributed by atoms with Gasteiger partial charge in [-0.05, 0) is 69.2 Å². The van der Waals surface area contributed by atoms with E-state index < -0.39 is 0 Å². The Morgan fingerprint density at radius 2 is 1.76 bits per heavy atom. The van der Waals surface area contributed by atoms with Crippen LogP contribution in [0.15, 0.2) is 71.7 Å². The normalized spacial score (nSPS) is 19.1. The van der Waals surface area contributed by atoms with E-state index in [0.29, 0.717) is 5.92 Å². The number of aryl methyl sites for hydroxylation is 1. The van der Waals surface area contributed by atoms with Crippen molar-refractivity contribution in [2.24, 2.45) is 5.92 Å². The van der Waals surface area contributed by atoms with Gasteiger partial charge in [-0.1, -0.05) is 30.3 Å². The Kier molecular flexibility index (Phi) is 5.30. The molecule has 0 bridgehead atoms. The fourth-order valence-corrected chi connectivity index (χ4v) is 5.56. The van der Waals surface area contributed by atoms with Crippen LogP contribution in [-0.2, 0) is 13.1 Å². The molecule has 0 spiro atoms. The minimum absolute atomic E-state index is 0.0105. The second-order valence-electron chi connectivity index (χ2n) is 9.34. The second-order valence-corrected chi connectivity index (χ2v) is 9.34. The molecule has 2 aromatic heterocycles. The van der Waals surface area contributed by atoms with E-state index in [4.69, 9.17) is 4.74 Å². The number of nitrogens with one attached hydrogen (secondary N) is 1. The monoisotopic (exact) mass is 442 g/mol. The van der Waals surface area contributed by atoms with E-state index in [9.17, 15) is 4.79 Å². The minimum Gasteiger partial charge on any atom is -0.484 e. The van der Waals surface area contributed by atoms with Gasteiger partial charge in [-0.15, -0.1) is 0 Å². The Morgan fingerprint density at radius 3 is 2.67 bits per heavy atom. The molecule has 1 fully saturated rings. The molecule has 0 amide bonds. The van der Waals surface area contributed by atoms with Gasteiger partial charge in [0.05, 0.1) is 23.3 Å². The number of benzene rings is 2. The number of piperidine rings is 1. The van der Waals surface area contributed by atoms with Gasteiger partial charge in [-0.3, -0.25) is 4.57 Å². The minimum atomic E-state index is -0.0105. The average Bonchev–Trinajstić information content (AvgIpc) is 3.38. The fraction of sp³-hybridized carbons (Fsp3) is 0.370. The van der Waals surface area contributed by atoms with Gasteiger partial charge >= 0.3 is 5.69 Å². The topological polar surface area (TPSA) is 55.2 Å². The highest BCUT2D eigenvalue weighted by Crippen LogP contribution is 2.39. The number of imidazole rings is 1. The number of H-pyrrole nitrogens is 1. The summed E-state index contributed by atoms with van der Waals surface area (Å²) in [5.74, 6) is 1.54. The lowest BCUT2D eigenvalue weighted by atomic mass is 9.89. The molecule has 0 aliphatic carbocycles. The van der Waals surface area contributed by atoms with E-state index in [1.165, 1.54) is 11.3 Å². The summed E-state index contributed by atoms with van der Waals surface area (Å²) in [7, 11) is 0. The van der Waals surface area contributed by atoms with Gasteiger partial charge < -0.3 is 19.2 Å². The number of ether oxygens (including phenoxy) is 1. The Morgan fingerprint density at radius 1 is 0.939 bits per heavy atom. The highest BCUT2D eigenvalue weighted by molar-refractivity contribution is 5.74. The molecular formula is C27H30N4O2. The van der Waals surface area contributed by atoms with Crippen LogP contribution in [-0.4, -0.2) is 38.7 Å². The number of aromatic nitrogens is 3. The highest BCUT2D eigenvalue weighted by atomic mass is 16.5. The first-order valence-corrected chi connectivity index (χ1v) is 12.1. The van der Waals surface area contributed by atoms with E-state index in [-0.39, 0.29) is 11.8 Å². The molecule has 33 heavy (non-hydrogen) atoms. The quantitative estimate of drug-likeness (QED) is 0.498. The van der Waals surface area contributed by atoms with Crippen molar-refractivity contribution < 1.29 is 4.74 Å². The molecule has 6 rings (SSSR count). The van der Waals surface area contributed by atoms with Gasteiger partial charge in [-0.2, -0.15) is 0 Å². The molecular weight excluding hydrogens is 412 g/mol. The van der Waals surface area contributed by atoms with Gasteiger partial charge in [0.15, 0.2) is 0 Å². The molecule has 6 heteroatoms. The molecule has 0 radical (unpaired) electrons. The van der Waals surface area contributed by atoms with E-state index in [2.05, 4.69) is 57.0 Å². The Labute approximate surface area is 193 Å². The number of hydrogen-bond acceptors (Lipinski definition) is 3. The summed E-state index contributed by atoms with van der Waals surface area (Å²) in [5, 5.41) is 0. The summed E-state index contributed by atoms with van der Waals surface area (Å²) < 4.78 is 10.8. The van der Waals surface area contributed by atoms with Crippen molar-refractivity contribution in [3.63, 3.8) is 0 Å². The maximum atomic E-state index is 12.3. The first-order valence-electron chi connectivity index (χ1n) is 12.1. The molecule has 0 saturated carbocycles. The number of rotatable bonds is 5. The molecule has 1 unspecified atom stereocenters. The van der Waals surface area contributed by atoms with Crippen LogP contribution in [0.1, 0.15) is 36.6 Å². The summed E-state index contributed by atoms with van der Waals surface area (Å²) in [4.78, 5) is 17.8. The lowest BCUT2D eigenvalue weighted by Crippen LogP contribution is -2.38. The molecule has 170 valence electrons. The lowest BCUT2D eigenvalue weighted by Gasteiger charge is -2.36. The third-order valence-corrected chi connectivity index (χ3v) is 7.32. The highest BCUT2D eigenvalue weighted by Gasteiger charge is 2.33. The zero-order valence-electron chi connectivity index (χ0n) is 18.8. The van der Waals surface area contributed by atoms with Crippen molar-refractivity contribution in [3.8, 4) is 5.75 Å². The predicted molar refractivity (Wildman–Crippen MR) is 130 cm³/mol. The summed E-state index contributed by atoms with van der Waals surface area (Å²) in [6.07, 6.45) is 5.52. The number of likely N-dealkylation sites (tertiary alicyclic amines) is 1. The zero-order valence-corrected chi connectivity index (χ0v) is 18.8. The average molecular weight is 443 g/mol. The molecule has 2 aromatic carbocycles. The molecule has 4 aromatic rings. The van der Waals surface area contributed by atoms with Crippen molar-refractivity contribution in [3.05, 3.63) is 88.6 Å². The van der Waals surface area contributed by atoms with Gasteiger partial charge in [0.1, 0.15) is 11.9 Å². The summed E-state index contributed by atoms with van der Waals surface area (Å²) in [6, 6.07) is 20.7. The van der Waals surface area contributed by atoms with Gasteiger partial charge in [-0.25, -0.2) is 4.79 Å². The fourth-order valence-electron chi connectivity index (χ4n) is 5.56. The van der Waals surface area contributed by atoms with Crippen molar-refractivity contribution in [1.29, 1.82) is 0 Å². The third-order valence-electron chi connectivity index (χ3n) is 7.32. The van der Waals surface area contributed by atoms with Crippen LogP contribution in [0.2, 0.25) is 0 Å². The largest absolute Gasteiger partial charge is 0.484 e. The first kappa shape index (κ1) is 20.4. The van der Waals surface area contributed by atoms with Crippen LogP contribution in [0, 0.1) is 5.92 Å². The van der Waals surface area contributed by atoms with Crippen molar-refractivity contribution >= 4 is 11.0 Å². The van der Waals surface area contributed by atoms with Crippen LogP contribution < -0.4 is 10.4 Å². The zero-order chi connectivity index (χ0) is 22.2. The molecule has 2 aliphatic rings. The maximum Gasteiger partial charge on any atom is 0.326 e. The molecule has 2 aliphatic heterocycles. The van der Waals surface area contributed by atoms with E-state index in [1.54, 1.807) is 0 Å². The SMILES string of the molecule is O=c1[nH]c2ccccc2n1CCCN1CCC(C2Oc3ccccc3Cn3cccc32)CC1. The van der Waals surface area contributed by atoms with Gasteiger partial charge in [0.2, 0.25) is 0 Å². The smallest absolute Gasteiger partial charge is 0.326 e. The van der Waals surface area contributed by atoms with Crippen LogP contribution in [0.25, 0.3) is 11.0 Å². The molecule has 1 atom stereocenters. The number of nitrogens with zero attached hydrogens (tertiary/aromatic N) is 3. The molecule has 6 nitrogen and oxygen atoms in total. The van der Waals surface area contributed by atoms with E-state index in [1.807, 2.05) is 28.8 Å². The Hall–Kier alpha value is -3.25. The van der Waals surface area contributed by atoms with Crippen LogP contribution in [0.5, 0.6) is 5.75 Å². The predicted octanol–water partition coefficient (Wildman–Crippen LogP) is 4.42. The van der Waals surface area contributed by atoms with E-state index in [0.717, 1.165) is 68.8 Å². The van der Waals surface area contributed by atoms with E-state index >= 15 is 0 Å².